The van der Waals surface area contributed by atoms with Crippen LogP contribution in [0.1, 0.15) is 25.3 Å². The Bertz CT molecular complexity index is 508. The van der Waals surface area contributed by atoms with Crippen molar-refractivity contribution in [2.75, 3.05) is 53.5 Å². The van der Waals surface area contributed by atoms with Gasteiger partial charge in [0.1, 0.15) is 0 Å². The van der Waals surface area contributed by atoms with Crippen molar-refractivity contribution in [1.29, 1.82) is 0 Å². The Morgan fingerprint density at radius 1 is 1.19 bits per heavy atom. The number of nitrogens with zero attached hydrogens (tertiary/aromatic N) is 3. The van der Waals surface area contributed by atoms with Crippen molar-refractivity contribution in [3.05, 3.63) is 35.9 Å². The van der Waals surface area contributed by atoms with Gasteiger partial charge in [-0.15, -0.1) is 24.0 Å². The van der Waals surface area contributed by atoms with E-state index >= 15 is 0 Å². The number of nitrogens with one attached hydrogen (secondary N) is 1. The summed E-state index contributed by atoms with van der Waals surface area (Å²) in [6.45, 7) is 8.24. The van der Waals surface area contributed by atoms with Crippen molar-refractivity contribution in [2.24, 2.45) is 10.9 Å². The summed E-state index contributed by atoms with van der Waals surface area (Å²) in [4.78, 5) is 9.22. The quantitative estimate of drug-likeness (QED) is 0.232. The first-order valence-corrected chi connectivity index (χ1v) is 9.48. The number of hydrogen-bond donors (Lipinski definition) is 1. The van der Waals surface area contributed by atoms with E-state index in [1.54, 1.807) is 0 Å². The monoisotopic (exact) mass is 474 g/mol. The maximum atomic E-state index is 5.73. The lowest BCUT2D eigenvalue weighted by Crippen LogP contribution is -2.41. The van der Waals surface area contributed by atoms with Crippen LogP contribution >= 0.6 is 24.0 Å². The molecule has 0 atom stereocenters. The van der Waals surface area contributed by atoms with E-state index in [1.807, 2.05) is 0 Å². The molecule has 1 aliphatic carbocycles. The van der Waals surface area contributed by atoms with E-state index < -0.39 is 0 Å². The second-order valence-corrected chi connectivity index (χ2v) is 6.90. The molecular formula is C20H35IN4O. The van der Waals surface area contributed by atoms with Gasteiger partial charge < -0.3 is 19.9 Å². The lowest BCUT2D eigenvalue weighted by Gasteiger charge is -2.22. The summed E-state index contributed by atoms with van der Waals surface area (Å²) in [5.74, 6) is 1.79. The van der Waals surface area contributed by atoms with Crippen molar-refractivity contribution in [1.82, 2.24) is 15.1 Å². The number of halogens is 1. The topological polar surface area (TPSA) is 40.1 Å². The molecule has 0 bridgehead atoms. The van der Waals surface area contributed by atoms with E-state index in [4.69, 9.17) is 9.73 Å². The molecule has 0 saturated heterocycles. The fourth-order valence-electron chi connectivity index (χ4n) is 2.61. The van der Waals surface area contributed by atoms with E-state index in [0.717, 1.165) is 57.8 Å². The van der Waals surface area contributed by atoms with Crippen LogP contribution in [0.2, 0.25) is 0 Å². The maximum Gasteiger partial charge on any atom is 0.193 e. The molecule has 0 radical (unpaired) electrons. The number of guanidine groups is 1. The Morgan fingerprint density at radius 3 is 2.58 bits per heavy atom. The Balaban J connectivity index is 0.00000338. The van der Waals surface area contributed by atoms with Gasteiger partial charge in [0, 0.05) is 39.8 Å². The number of hydrogen-bond acceptors (Lipinski definition) is 3. The van der Waals surface area contributed by atoms with Gasteiger partial charge in [-0.3, -0.25) is 4.99 Å². The molecule has 2 rings (SSSR count). The Kier molecular flexibility index (Phi) is 11.9. The number of likely N-dealkylation sites (N-methyl/N-ethyl adjacent to an activating group) is 2. The first kappa shape index (κ1) is 23.2. The van der Waals surface area contributed by atoms with Crippen LogP contribution in [-0.2, 0) is 11.3 Å². The summed E-state index contributed by atoms with van der Waals surface area (Å²) in [7, 11) is 4.22. The van der Waals surface area contributed by atoms with E-state index in [-0.39, 0.29) is 24.0 Å². The third-order valence-electron chi connectivity index (χ3n) is 4.36. The molecule has 0 aliphatic heterocycles. The van der Waals surface area contributed by atoms with Gasteiger partial charge in [-0.2, -0.15) is 0 Å². The van der Waals surface area contributed by atoms with Gasteiger partial charge in [-0.1, -0.05) is 30.3 Å². The van der Waals surface area contributed by atoms with Gasteiger partial charge in [-0.05, 0) is 38.3 Å². The van der Waals surface area contributed by atoms with Crippen molar-refractivity contribution < 1.29 is 4.74 Å². The molecule has 1 N–H and O–H groups in total. The van der Waals surface area contributed by atoms with E-state index in [9.17, 15) is 0 Å². The molecule has 1 aromatic carbocycles. The number of benzene rings is 1. The Labute approximate surface area is 176 Å². The predicted molar refractivity (Wildman–Crippen MR) is 120 cm³/mol. The summed E-state index contributed by atoms with van der Waals surface area (Å²) in [6.07, 6.45) is 2.69. The zero-order valence-corrected chi connectivity index (χ0v) is 18.8. The van der Waals surface area contributed by atoms with Gasteiger partial charge in [-0.25, -0.2) is 0 Å². The molecule has 148 valence electrons. The Morgan fingerprint density at radius 2 is 1.92 bits per heavy atom. The van der Waals surface area contributed by atoms with Gasteiger partial charge in [0.05, 0.1) is 13.2 Å². The van der Waals surface area contributed by atoms with E-state index in [2.05, 4.69) is 66.5 Å². The van der Waals surface area contributed by atoms with Gasteiger partial charge in [0.25, 0.3) is 0 Å². The lowest BCUT2D eigenvalue weighted by molar-refractivity contribution is 0.115. The van der Waals surface area contributed by atoms with E-state index in [1.165, 1.54) is 18.4 Å². The average Bonchev–Trinajstić information content (AvgIpc) is 3.43. The van der Waals surface area contributed by atoms with Crippen molar-refractivity contribution in [3.63, 3.8) is 0 Å². The molecule has 6 heteroatoms. The highest BCUT2D eigenvalue weighted by Crippen LogP contribution is 2.28. The van der Waals surface area contributed by atoms with Crippen LogP contribution < -0.4 is 5.32 Å². The molecule has 0 unspecified atom stereocenters. The summed E-state index contributed by atoms with van der Waals surface area (Å²) in [5.41, 5.74) is 1.34. The fraction of sp³-hybridized carbons (Fsp3) is 0.650. The summed E-state index contributed by atoms with van der Waals surface area (Å²) in [6, 6.07) is 10.6. The maximum absolute atomic E-state index is 5.73. The molecule has 0 aromatic heterocycles. The van der Waals surface area contributed by atoms with Crippen LogP contribution in [0, 0.1) is 5.92 Å². The molecule has 1 fully saturated rings. The number of rotatable bonds is 11. The Hall–Kier alpha value is -0.860. The lowest BCUT2D eigenvalue weighted by atomic mass is 10.2. The molecule has 26 heavy (non-hydrogen) atoms. The fourth-order valence-corrected chi connectivity index (χ4v) is 2.61. The highest BCUT2D eigenvalue weighted by molar-refractivity contribution is 14.0. The summed E-state index contributed by atoms with van der Waals surface area (Å²) >= 11 is 0. The first-order chi connectivity index (χ1) is 12.2. The normalized spacial score (nSPS) is 14.2. The van der Waals surface area contributed by atoms with Crippen LogP contribution in [0.15, 0.2) is 35.3 Å². The van der Waals surface area contributed by atoms with Crippen molar-refractivity contribution in [3.8, 4) is 0 Å². The van der Waals surface area contributed by atoms with Crippen LogP contribution in [0.3, 0.4) is 0 Å². The predicted octanol–water partition coefficient (Wildman–Crippen LogP) is 3.06. The third-order valence-corrected chi connectivity index (χ3v) is 4.36. The largest absolute Gasteiger partial charge is 0.379 e. The summed E-state index contributed by atoms with van der Waals surface area (Å²) in [5, 5.41) is 3.37. The zero-order chi connectivity index (χ0) is 17.9. The molecule has 1 aromatic rings. The number of aliphatic imine (C=N–C) groups is 1. The molecule has 1 aliphatic rings. The van der Waals surface area contributed by atoms with Crippen LogP contribution in [0.25, 0.3) is 0 Å². The molecule has 0 heterocycles. The van der Waals surface area contributed by atoms with Gasteiger partial charge >= 0.3 is 0 Å². The molecule has 5 nitrogen and oxygen atoms in total. The highest BCUT2D eigenvalue weighted by Gasteiger charge is 2.21. The standard InChI is InChI=1S/C20H34N4O.HI/c1-4-21-20(24(3)14-15-25-17-19-10-11-19)22-12-13-23(2)16-18-8-6-5-7-9-18;/h5-9,19H,4,10-17H2,1-3H3,(H,21,22);1H. The SMILES string of the molecule is CCNC(=NCCN(C)Cc1ccccc1)N(C)CCOCC1CC1.I. The molecule has 0 amide bonds. The third kappa shape index (κ3) is 9.73. The average molecular weight is 474 g/mol. The smallest absolute Gasteiger partial charge is 0.193 e. The number of ether oxygens (including phenoxy) is 1. The van der Waals surface area contributed by atoms with Gasteiger partial charge in [0.15, 0.2) is 5.96 Å². The van der Waals surface area contributed by atoms with Crippen molar-refractivity contribution >= 4 is 29.9 Å². The molecule has 1 saturated carbocycles. The second kappa shape index (κ2) is 13.3. The zero-order valence-electron chi connectivity index (χ0n) is 16.5. The van der Waals surface area contributed by atoms with Crippen LogP contribution in [0.4, 0.5) is 0 Å². The van der Waals surface area contributed by atoms with E-state index in [0.29, 0.717) is 0 Å². The minimum atomic E-state index is 0. The molecule has 0 spiro atoms. The van der Waals surface area contributed by atoms with Crippen LogP contribution in [0.5, 0.6) is 0 Å². The second-order valence-electron chi connectivity index (χ2n) is 6.90. The van der Waals surface area contributed by atoms with Crippen molar-refractivity contribution in [2.45, 2.75) is 26.3 Å². The minimum absolute atomic E-state index is 0. The first-order valence-electron chi connectivity index (χ1n) is 9.48. The minimum Gasteiger partial charge on any atom is -0.379 e. The summed E-state index contributed by atoms with van der Waals surface area (Å²) < 4.78 is 5.73. The van der Waals surface area contributed by atoms with Gasteiger partial charge in [0.2, 0.25) is 0 Å². The highest BCUT2D eigenvalue weighted by atomic mass is 127. The van der Waals surface area contributed by atoms with Crippen LogP contribution in [-0.4, -0.2) is 69.2 Å². The molecular weight excluding hydrogens is 439 g/mol.